The fourth-order valence-electron chi connectivity index (χ4n) is 7.71. The number of rotatable bonds is 6. The van der Waals surface area contributed by atoms with E-state index in [1.807, 2.05) is 0 Å². The van der Waals surface area contributed by atoms with Crippen molar-refractivity contribution >= 4 is 58.8 Å². The van der Waals surface area contributed by atoms with E-state index in [1.54, 1.807) is 0 Å². The van der Waals surface area contributed by atoms with Crippen LogP contribution in [0.15, 0.2) is 133 Å². The summed E-state index contributed by atoms with van der Waals surface area (Å²) in [5.74, 6) is 0. The highest BCUT2D eigenvalue weighted by molar-refractivity contribution is 6.89. The van der Waals surface area contributed by atoms with Crippen molar-refractivity contribution in [1.29, 1.82) is 0 Å². The average molecular weight is 679 g/mol. The van der Waals surface area contributed by atoms with Gasteiger partial charge in [0, 0.05) is 0 Å². The lowest BCUT2D eigenvalue weighted by atomic mass is 9.82. The smallest absolute Gasteiger partial charge is 0.0656 e. The largest absolute Gasteiger partial charge is 0.0775 e. The van der Waals surface area contributed by atoms with E-state index in [0.717, 1.165) is 0 Å². The van der Waals surface area contributed by atoms with Crippen LogP contribution in [0.1, 0.15) is 11.1 Å². The van der Waals surface area contributed by atoms with Crippen LogP contribution in [0.25, 0.3) is 76.8 Å². The van der Waals surface area contributed by atoms with E-state index in [0.29, 0.717) is 0 Å². The minimum absolute atomic E-state index is 1.26. The highest BCUT2D eigenvalue weighted by Gasteiger charge is 2.22. The Balaban J connectivity index is 1.50. The summed E-state index contributed by atoms with van der Waals surface area (Å²) in [5.41, 5.74) is 12.8. The van der Waals surface area contributed by atoms with Gasteiger partial charge >= 0.3 is 0 Å². The van der Waals surface area contributed by atoms with Crippen LogP contribution >= 0.6 is 0 Å². The highest BCUT2D eigenvalue weighted by atomic mass is 28.3. The first kappa shape index (κ1) is 32.4. The van der Waals surface area contributed by atoms with Gasteiger partial charge in [-0.25, -0.2) is 0 Å². The summed E-state index contributed by atoms with van der Waals surface area (Å²) in [6, 6.07) is 51.6. The molecule has 8 rings (SSSR count). The first-order valence-corrected chi connectivity index (χ1v) is 25.0. The van der Waals surface area contributed by atoms with Gasteiger partial charge in [-0.3, -0.25) is 0 Å². The summed E-state index contributed by atoms with van der Waals surface area (Å²) < 4.78 is 0. The van der Waals surface area contributed by atoms with Gasteiger partial charge in [-0.1, -0.05) is 182 Å². The molecule has 0 heterocycles. The van der Waals surface area contributed by atoms with E-state index in [1.165, 1.54) is 98.3 Å². The maximum Gasteiger partial charge on any atom is 0.0775 e. The van der Waals surface area contributed by atoms with Crippen molar-refractivity contribution in [2.75, 3.05) is 0 Å². The van der Waals surface area contributed by atoms with Gasteiger partial charge in [-0.15, -0.1) is 0 Å². The molecule has 0 bridgehead atoms. The van der Waals surface area contributed by atoms with Gasteiger partial charge < -0.3 is 0 Å². The molecule has 0 spiro atoms. The first-order valence-electron chi connectivity index (χ1n) is 18.0. The van der Waals surface area contributed by atoms with Crippen LogP contribution < -0.4 is 10.4 Å². The third kappa shape index (κ3) is 5.61. The van der Waals surface area contributed by atoms with E-state index in [4.69, 9.17) is 0 Å². The van der Waals surface area contributed by atoms with Crippen LogP contribution in [0.5, 0.6) is 0 Å². The maximum atomic E-state index is 2.45. The molecule has 2 heteroatoms. The molecule has 0 radical (unpaired) electrons. The van der Waals surface area contributed by atoms with Gasteiger partial charge in [-0.2, -0.15) is 0 Å². The average Bonchev–Trinajstić information content (AvgIpc) is 3.10. The van der Waals surface area contributed by atoms with Crippen molar-refractivity contribution in [3.05, 3.63) is 145 Å². The Hall–Kier alpha value is -4.77. The fraction of sp³-hybridized carbons (Fsp3) is 0.167. The predicted molar refractivity (Wildman–Crippen MR) is 227 cm³/mol. The minimum atomic E-state index is -1.43. The lowest BCUT2D eigenvalue weighted by Gasteiger charge is -2.22. The SMILES string of the molecule is Cc1ccc(-c2cc(-c3ccc([Si](C)(C)C)cc3)c3ccc4c(-c5ccc(C)cc5)cc(-c5ccc([Si](C)(C)C)cc5)c5ccc2c3c45)cc1. The molecule has 0 saturated carbocycles. The molecule has 0 unspecified atom stereocenters. The second kappa shape index (κ2) is 11.9. The predicted octanol–water partition coefficient (Wildman–Crippen LogP) is 13.0. The molecule has 0 aliphatic carbocycles. The van der Waals surface area contributed by atoms with Gasteiger partial charge in [0.15, 0.2) is 0 Å². The summed E-state index contributed by atoms with van der Waals surface area (Å²) in [4.78, 5) is 0. The van der Waals surface area contributed by atoms with Crippen LogP contribution in [0, 0.1) is 13.8 Å². The monoisotopic (exact) mass is 678 g/mol. The fourth-order valence-corrected chi connectivity index (χ4v) is 10.0. The molecule has 8 aromatic carbocycles. The summed E-state index contributed by atoms with van der Waals surface area (Å²) in [6.45, 7) is 18.9. The van der Waals surface area contributed by atoms with Crippen molar-refractivity contribution in [1.82, 2.24) is 0 Å². The quantitative estimate of drug-likeness (QED) is 0.121. The second-order valence-electron chi connectivity index (χ2n) is 16.4. The highest BCUT2D eigenvalue weighted by Crippen LogP contribution is 2.48. The first-order chi connectivity index (χ1) is 23.9. The topological polar surface area (TPSA) is 0 Å². The van der Waals surface area contributed by atoms with Gasteiger partial charge in [0.2, 0.25) is 0 Å². The van der Waals surface area contributed by atoms with Gasteiger partial charge in [-0.05, 0) is 103 Å². The standard InChI is InChI=1S/C48H46Si2/c1-31-9-13-33(14-10-31)43-29-45(35-17-21-37(22-18-35)49(3,4)5)41-28-26-40-44(34-15-11-32(2)12-16-34)30-46(42-27-25-39(43)47(41)48(40)42)36-19-23-38(24-20-36)50(6,7)8/h9-30H,1-8H3. The summed E-state index contributed by atoms with van der Waals surface area (Å²) in [6.07, 6.45) is 0. The molecule has 0 aromatic heterocycles. The van der Waals surface area contributed by atoms with E-state index in [2.05, 4.69) is 187 Å². The molecule has 0 saturated heterocycles. The van der Waals surface area contributed by atoms with Crippen molar-refractivity contribution < 1.29 is 0 Å². The van der Waals surface area contributed by atoms with Crippen LogP contribution in [0.3, 0.4) is 0 Å². The lowest BCUT2D eigenvalue weighted by Crippen LogP contribution is -2.37. The summed E-state index contributed by atoms with van der Waals surface area (Å²) in [5, 5.41) is 10.9. The van der Waals surface area contributed by atoms with Crippen LogP contribution in [-0.4, -0.2) is 16.1 Å². The second-order valence-corrected chi connectivity index (χ2v) is 26.6. The van der Waals surface area contributed by atoms with E-state index < -0.39 is 16.1 Å². The number of benzene rings is 8. The van der Waals surface area contributed by atoms with Crippen LogP contribution in [0.2, 0.25) is 39.3 Å². The third-order valence-corrected chi connectivity index (χ3v) is 14.9. The molecule has 0 atom stereocenters. The Morgan fingerprint density at radius 1 is 0.300 bits per heavy atom. The zero-order valence-electron chi connectivity index (χ0n) is 30.7. The van der Waals surface area contributed by atoms with E-state index >= 15 is 0 Å². The normalized spacial score (nSPS) is 12.4. The van der Waals surface area contributed by atoms with Crippen molar-refractivity contribution in [3.63, 3.8) is 0 Å². The summed E-state index contributed by atoms with van der Waals surface area (Å²) >= 11 is 0. The Labute approximate surface area is 299 Å². The maximum absolute atomic E-state index is 2.45. The molecule has 246 valence electrons. The Morgan fingerprint density at radius 3 is 0.780 bits per heavy atom. The number of hydrogen-bond acceptors (Lipinski definition) is 0. The molecule has 0 aliphatic heterocycles. The minimum Gasteiger partial charge on any atom is -0.0656 e. The molecule has 0 amide bonds. The van der Waals surface area contributed by atoms with Gasteiger partial charge in [0.05, 0.1) is 16.1 Å². The van der Waals surface area contributed by atoms with Crippen molar-refractivity contribution in [2.24, 2.45) is 0 Å². The molecule has 0 N–H and O–H groups in total. The molecule has 0 fully saturated rings. The Bertz CT molecular complexity index is 2330. The Kier molecular flexibility index (Phi) is 7.74. The molecular weight excluding hydrogens is 633 g/mol. The van der Waals surface area contributed by atoms with E-state index in [9.17, 15) is 0 Å². The third-order valence-electron chi connectivity index (χ3n) is 10.7. The van der Waals surface area contributed by atoms with Crippen molar-refractivity contribution in [2.45, 2.75) is 53.1 Å². The van der Waals surface area contributed by atoms with Crippen molar-refractivity contribution in [3.8, 4) is 44.5 Å². The van der Waals surface area contributed by atoms with Gasteiger partial charge in [0.25, 0.3) is 0 Å². The summed E-state index contributed by atoms with van der Waals surface area (Å²) in [7, 11) is -2.85. The zero-order valence-corrected chi connectivity index (χ0v) is 32.7. The number of hydrogen-bond donors (Lipinski definition) is 0. The molecule has 50 heavy (non-hydrogen) atoms. The molecule has 0 aliphatic rings. The van der Waals surface area contributed by atoms with Crippen LogP contribution in [0.4, 0.5) is 0 Å². The Morgan fingerprint density at radius 2 is 0.540 bits per heavy atom. The molecule has 0 nitrogen and oxygen atoms in total. The number of aryl methyl sites for hydroxylation is 2. The lowest BCUT2D eigenvalue weighted by molar-refractivity contribution is 1.47. The van der Waals surface area contributed by atoms with E-state index in [-0.39, 0.29) is 0 Å². The zero-order chi connectivity index (χ0) is 34.9. The molecule has 8 aromatic rings. The van der Waals surface area contributed by atoms with Crippen LogP contribution in [-0.2, 0) is 0 Å². The molecular formula is C48H46Si2. The van der Waals surface area contributed by atoms with Gasteiger partial charge in [0.1, 0.15) is 0 Å².